The lowest BCUT2D eigenvalue weighted by Gasteiger charge is -2.37. The Morgan fingerprint density at radius 1 is 1.24 bits per heavy atom. The molecule has 21 heavy (non-hydrogen) atoms. The lowest BCUT2D eigenvalue weighted by molar-refractivity contribution is 0.0930. The summed E-state index contributed by atoms with van der Waals surface area (Å²) in [6.07, 6.45) is 3.45. The van der Waals surface area contributed by atoms with Gasteiger partial charge in [-0.25, -0.2) is 0 Å². The standard InChI is InChI=1S/C18H30N2O/c1-4-11-19-18(6-3)15-7-9-17(10-8-15)20-12-13-21-14-16(20)5-2/h7-10,16,18-19H,4-6,11-14H2,1-3H3. The third-order valence-corrected chi connectivity index (χ3v) is 4.37. The molecule has 1 saturated heterocycles. The quantitative estimate of drug-likeness (QED) is 0.827. The third-order valence-electron chi connectivity index (χ3n) is 4.37. The first-order chi connectivity index (χ1) is 10.3. The van der Waals surface area contributed by atoms with E-state index in [4.69, 9.17) is 4.74 Å². The van der Waals surface area contributed by atoms with E-state index in [9.17, 15) is 0 Å². The molecule has 1 heterocycles. The maximum atomic E-state index is 5.60. The van der Waals surface area contributed by atoms with Crippen LogP contribution in [0.5, 0.6) is 0 Å². The lowest BCUT2D eigenvalue weighted by Crippen LogP contribution is -2.45. The molecule has 1 aliphatic rings. The summed E-state index contributed by atoms with van der Waals surface area (Å²) in [5.74, 6) is 0. The molecule has 0 bridgehead atoms. The Balaban J connectivity index is 2.06. The molecule has 1 aromatic carbocycles. The average molecular weight is 290 g/mol. The topological polar surface area (TPSA) is 24.5 Å². The van der Waals surface area contributed by atoms with Gasteiger partial charge in [-0.2, -0.15) is 0 Å². The van der Waals surface area contributed by atoms with Crippen molar-refractivity contribution in [2.75, 3.05) is 31.2 Å². The fourth-order valence-electron chi connectivity index (χ4n) is 3.05. The Morgan fingerprint density at radius 3 is 2.62 bits per heavy atom. The predicted molar refractivity (Wildman–Crippen MR) is 90.0 cm³/mol. The van der Waals surface area contributed by atoms with Gasteiger partial charge in [0.25, 0.3) is 0 Å². The molecular formula is C18H30N2O. The molecule has 2 atom stereocenters. The molecule has 118 valence electrons. The van der Waals surface area contributed by atoms with Gasteiger partial charge < -0.3 is 15.0 Å². The van der Waals surface area contributed by atoms with E-state index >= 15 is 0 Å². The predicted octanol–water partition coefficient (Wildman–Crippen LogP) is 3.75. The zero-order valence-corrected chi connectivity index (χ0v) is 13.8. The van der Waals surface area contributed by atoms with Crippen LogP contribution in [0.15, 0.2) is 24.3 Å². The molecule has 0 aromatic heterocycles. The Labute approximate surface area is 129 Å². The van der Waals surface area contributed by atoms with E-state index in [0.717, 1.165) is 39.1 Å². The SMILES string of the molecule is CCCNC(CC)c1ccc(N2CCOCC2CC)cc1. The summed E-state index contributed by atoms with van der Waals surface area (Å²) in [7, 11) is 0. The second kappa shape index (κ2) is 8.40. The van der Waals surface area contributed by atoms with Crippen LogP contribution < -0.4 is 10.2 Å². The van der Waals surface area contributed by atoms with E-state index in [-0.39, 0.29) is 0 Å². The normalized spacial score (nSPS) is 20.5. The summed E-state index contributed by atoms with van der Waals surface area (Å²) >= 11 is 0. The maximum absolute atomic E-state index is 5.60. The summed E-state index contributed by atoms with van der Waals surface area (Å²) in [5, 5.41) is 3.62. The molecule has 1 aromatic rings. The fraction of sp³-hybridized carbons (Fsp3) is 0.667. The number of nitrogens with one attached hydrogen (secondary N) is 1. The molecular weight excluding hydrogens is 260 g/mol. The number of hydrogen-bond donors (Lipinski definition) is 1. The van der Waals surface area contributed by atoms with Gasteiger partial charge in [0.2, 0.25) is 0 Å². The summed E-state index contributed by atoms with van der Waals surface area (Å²) in [6, 6.07) is 10.1. The molecule has 0 amide bonds. The Kier molecular flexibility index (Phi) is 6.52. The van der Waals surface area contributed by atoms with Gasteiger partial charge in [-0.05, 0) is 43.5 Å². The van der Waals surface area contributed by atoms with E-state index in [1.807, 2.05) is 0 Å². The second-order valence-corrected chi connectivity index (χ2v) is 5.84. The Morgan fingerprint density at radius 2 is 2.00 bits per heavy atom. The molecule has 1 aliphatic heterocycles. The second-order valence-electron chi connectivity index (χ2n) is 5.84. The van der Waals surface area contributed by atoms with Gasteiger partial charge in [0.15, 0.2) is 0 Å². The smallest absolute Gasteiger partial charge is 0.0670 e. The van der Waals surface area contributed by atoms with Crippen molar-refractivity contribution in [2.45, 2.75) is 52.1 Å². The molecule has 3 heteroatoms. The minimum atomic E-state index is 0.477. The average Bonchev–Trinajstić information content (AvgIpc) is 2.56. The van der Waals surface area contributed by atoms with E-state index in [2.05, 4.69) is 55.3 Å². The van der Waals surface area contributed by atoms with Crippen LogP contribution >= 0.6 is 0 Å². The van der Waals surface area contributed by atoms with Crippen molar-refractivity contribution in [1.29, 1.82) is 0 Å². The zero-order chi connectivity index (χ0) is 15.1. The summed E-state index contributed by atoms with van der Waals surface area (Å²) < 4.78 is 5.60. The minimum absolute atomic E-state index is 0.477. The van der Waals surface area contributed by atoms with Gasteiger partial charge in [-0.3, -0.25) is 0 Å². The van der Waals surface area contributed by atoms with Crippen LogP contribution in [0.4, 0.5) is 5.69 Å². The van der Waals surface area contributed by atoms with Crippen LogP contribution in [0.25, 0.3) is 0 Å². The van der Waals surface area contributed by atoms with Gasteiger partial charge in [0.05, 0.1) is 19.3 Å². The van der Waals surface area contributed by atoms with Gasteiger partial charge >= 0.3 is 0 Å². The molecule has 2 unspecified atom stereocenters. The summed E-state index contributed by atoms with van der Waals surface area (Å²) in [4.78, 5) is 2.49. The number of ether oxygens (including phenoxy) is 1. The van der Waals surface area contributed by atoms with E-state index in [1.165, 1.54) is 17.7 Å². The number of morpholine rings is 1. The first-order valence-electron chi connectivity index (χ1n) is 8.47. The highest BCUT2D eigenvalue weighted by molar-refractivity contribution is 5.49. The van der Waals surface area contributed by atoms with Crippen molar-refractivity contribution < 1.29 is 4.74 Å². The van der Waals surface area contributed by atoms with Crippen molar-refractivity contribution in [3.05, 3.63) is 29.8 Å². The fourth-order valence-corrected chi connectivity index (χ4v) is 3.05. The van der Waals surface area contributed by atoms with Crippen LogP contribution in [-0.2, 0) is 4.74 Å². The number of benzene rings is 1. The number of nitrogens with zero attached hydrogens (tertiary/aromatic N) is 1. The van der Waals surface area contributed by atoms with Crippen LogP contribution in [0.1, 0.15) is 51.6 Å². The van der Waals surface area contributed by atoms with E-state index in [0.29, 0.717) is 12.1 Å². The minimum Gasteiger partial charge on any atom is -0.377 e. The van der Waals surface area contributed by atoms with Crippen LogP contribution in [-0.4, -0.2) is 32.3 Å². The highest BCUT2D eigenvalue weighted by Gasteiger charge is 2.21. The maximum Gasteiger partial charge on any atom is 0.0670 e. The molecule has 0 saturated carbocycles. The van der Waals surface area contributed by atoms with Crippen LogP contribution in [0.2, 0.25) is 0 Å². The molecule has 0 radical (unpaired) electrons. The van der Waals surface area contributed by atoms with Crippen molar-refractivity contribution in [3.8, 4) is 0 Å². The van der Waals surface area contributed by atoms with Crippen molar-refractivity contribution >= 4 is 5.69 Å². The van der Waals surface area contributed by atoms with E-state index in [1.54, 1.807) is 0 Å². The number of hydrogen-bond acceptors (Lipinski definition) is 3. The highest BCUT2D eigenvalue weighted by atomic mass is 16.5. The van der Waals surface area contributed by atoms with E-state index < -0.39 is 0 Å². The summed E-state index contributed by atoms with van der Waals surface area (Å²) in [5.41, 5.74) is 2.73. The van der Waals surface area contributed by atoms with Crippen molar-refractivity contribution in [1.82, 2.24) is 5.32 Å². The number of anilines is 1. The van der Waals surface area contributed by atoms with Crippen molar-refractivity contribution in [3.63, 3.8) is 0 Å². The molecule has 0 aliphatic carbocycles. The molecule has 2 rings (SSSR count). The lowest BCUT2D eigenvalue weighted by atomic mass is 10.0. The zero-order valence-electron chi connectivity index (χ0n) is 13.8. The highest BCUT2D eigenvalue weighted by Crippen LogP contribution is 2.24. The largest absolute Gasteiger partial charge is 0.377 e. The first kappa shape index (κ1) is 16.3. The molecule has 0 spiro atoms. The van der Waals surface area contributed by atoms with Gasteiger partial charge in [-0.1, -0.05) is 32.9 Å². The van der Waals surface area contributed by atoms with Gasteiger partial charge in [-0.15, -0.1) is 0 Å². The van der Waals surface area contributed by atoms with Crippen LogP contribution in [0, 0.1) is 0 Å². The van der Waals surface area contributed by atoms with Crippen molar-refractivity contribution in [2.24, 2.45) is 0 Å². The first-order valence-corrected chi connectivity index (χ1v) is 8.47. The third kappa shape index (κ3) is 4.21. The van der Waals surface area contributed by atoms with Gasteiger partial charge in [0, 0.05) is 18.3 Å². The molecule has 1 fully saturated rings. The molecule has 1 N–H and O–H groups in total. The van der Waals surface area contributed by atoms with Crippen LogP contribution in [0.3, 0.4) is 0 Å². The Hall–Kier alpha value is -1.06. The monoisotopic (exact) mass is 290 g/mol. The van der Waals surface area contributed by atoms with Gasteiger partial charge in [0.1, 0.15) is 0 Å². The molecule has 3 nitrogen and oxygen atoms in total. The number of rotatable bonds is 7. The summed E-state index contributed by atoms with van der Waals surface area (Å²) in [6.45, 7) is 10.5. The Bertz CT molecular complexity index is 404.